The van der Waals surface area contributed by atoms with Gasteiger partial charge in [-0.15, -0.1) is 11.3 Å². The Kier molecular flexibility index (Phi) is 4.36. The number of carbonyl (C=O) groups is 1. The van der Waals surface area contributed by atoms with Crippen LogP contribution in [-0.4, -0.2) is 22.5 Å². The summed E-state index contributed by atoms with van der Waals surface area (Å²) in [6, 6.07) is 8.21. The number of amides is 1. The van der Waals surface area contributed by atoms with Crippen LogP contribution in [0.5, 0.6) is 0 Å². The minimum atomic E-state index is -0.266. The van der Waals surface area contributed by atoms with Gasteiger partial charge in [0.1, 0.15) is 5.82 Å². The first kappa shape index (κ1) is 14.9. The van der Waals surface area contributed by atoms with E-state index >= 15 is 0 Å². The van der Waals surface area contributed by atoms with E-state index in [1.165, 1.54) is 23.5 Å². The van der Waals surface area contributed by atoms with Gasteiger partial charge in [-0.2, -0.15) is 0 Å². The van der Waals surface area contributed by atoms with Gasteiger partial charge >= 0.3 is 0 Å². The second kappa shape index (κ2) is 6.42. The molecule has 22 heavy (non-hydrogen) atoms. The van der Waals surface area contributed by atoms with Crippen molar-refractivity contribution in [3.05, 3.63) is 63.6 Å². The Balaban J connectivity index is 1.66. The van der Waals surface area contributed by atoms with Crippen molar-refractivity contribution in [2.45, 2.75) is 19.1 Å². The Morgan fingerprint density at radius 3 is 2.77 bits per heavy atom. The lowest BCUT2D eigenvalue weighted by atomic mass is 9.94. The van der Waals surface area contributed by atoms with Crippen LogP contribution < -0.4 is 0 Å². The van der Waals surface area contributed by atoms with E-state index in [0.717, 1.165) is 29.0 Å². The number of thiophene rings is 1. The van der Waals surface area contributed by atoms with Crippen molar-refractivity contribution < 1.29 is 14.3 Å². The van der Waals surface area contributed by atoms with E-state index < -0.39 is 0 Å². The molecule has 0 aliphatic carbocycles. The van der Waals surface area contributed by atoms with Gasteiger partial charge in [-0.25, -0.2) is 4.39 Å². The van der Waals surface area contributed by atoms with Gasteiger partial charge in [0, 0.05) is 17.5 Å². The Morgan fingerprint density at radius 1 is 1.41 bits per heavy atom. The summed E-state index contributed by atoms with van der Waals surface area (Å²) in [7, 11) is 0. The van der Waals surface area contributed by atoms with Gasteiger partial charge in [-0.3, -0.25) is 4.79 Å². The number of halogens is 1. The quantitative estimate of drug-likeness (QED) is 0.878. The third-order valence-electron chi connectivity index (χ3n) is 3.80. The summed E-state index contributed by atoms with van der Waals surface area (Å²) in [4.78, 5) is 15.0. The molecule has 1 fully saturated rings. The van der Waals surface area contributed by atoms with Crippen molar-refractivity contribution >= 4 is 23.3 Å². The molecule has 0 bridgehead atoms. The largest absolute Gasteiger partial charge is 0.392 e. The van der Waals surface area contributed by atoms with E-state index in [1.807, 2.05) is 11.4 Å². The topological polar surface area (TPSA) is 40.5 Å². The maximum Gasteiger partial charge on any atom is 0.247 e. The normalized spacial score (nSPS) is 17.7. The molecule has 5 heteroatoms. The third kappa shape index (κ3) is 3.10. The minimum Gasteiger partial charge on any atom is -0.392 e. The van der Waals surface area contributed by atoms with Crippen LogP contribution in [0, 0.1) is 5.82 Å². The predicted octanol–water partition coefficient (Wildman–Crippen LogP) is 3.37. The van der Waals surface area contributed by atoms with Crippen molar-refractivity contribution in [3.63, 3.8) is 0 Å². The number of nitrogens with zero attached hydrogens (tertiary/aromatic N) is 1. The maximum absolute atomic E-state index is 13.0. The molecule has 1 unspecified atom stereocenters. The summed E-state index contributed by atoms with van der Waals surface area (Å²) in [5.41, 5.74) is 1.82. The second-order valence-corrected chi connectivity index (χ2v) is 6.18. The second-order valence-electron chi connectivity index (χ2n) is 5.24. The van der Waals surface area contributed by atoms with Gasteiger partial charge in [0.2, 0.25) is 5.91 Å². The number of benzene rings is 1. The molecule has 3 rings (SSSR count). The lowest BCUT2D eigenvalue weighted by molar-refractivity contribution is -0.133. The van der Waals surface area contributed by atoms with E-state index in [2.05, 4.69) is 0 Å². The molecule has 1 atom stereocenters. The van der Waals surface area contributed by atoms with Crippen molar-refractivity contribution in [3.8, 4) is 0 Å². The molecule has 2 heterocycles. The Morgan fingerprint density at radius 2 is 2.18 bits per heavy atom. The smallest absolute Gasteiger partial charge is 0.247 e. The minimum absolute atomic E-state index is 0.0110. The van der Waals surface area contributed by atoms with Crippen molar-refractivity contribution in [1.29, 1.82) is 0 Å². The number of likely N-dealkylation sites (tertiary alicyclic amines) is 1. The highest BCUT2D eigenvalue weighted by Gasteiger charge is 2.31. The predicted molar refractivity (Wildman–Crippen MR) is 84.7 cm³/mol. The zero-order valence-corrected chi connectivity index (χ0v) is 12.7. The van der Waals surface area contributed by atoms with Gasteiger partial charge in [-0.1, -0.05) is 12.1 Å². The van der Waals surface area contributed by atoms with Crippen LogP contribution in [0.15, 0.2) is 41.8 Å². The fourth-order valence-corrected chi connectivity index (χ4v) is 3.29. The summed E-state index contributed by atoms with van der Waals surface area (Å²) in [5, 5.41) is 10.9. The number of aliphatic hydroxyl groups excluding tert-OH is 1. The van der Waals surface area contributed by atoms with E-state index in [4.69, 9.17) is 5.11 Å². The number of hydrogen-bond acceptors (Lipinski definition) is 3. The molecular weight excluding hydrogens is 301 g/mol. The van der Waals surface area contributed by atoms with Gasteiger partial charge < -0.3 is 10.0 Å². The van der Waals surface area contributed by atoms with Crippen LogP contribution in [0.3, 0.4) is 0 Å². The number of rotatable bonds is 4. The number of carbonyl (C=O) groups excluding carboxylic acids is 1. The van der Waals surface area contributed by atoms with Crippen molar-refractivity contribution in [2.75, 3.05) is 6.54 Å². The monoisotopic (exact) mass is 317 g/mol. The first-order chi connectivity index (χ1) is 10.7. The first-order valence-corrected chi connectivity index (χ1v) is 7.98. The summed E-state index contributed by atoms with van der Waals surface area (Å²) >= 11 is 1.49. The maximum atomic E-state index is 13.0. The van der Waals surface area contributed by atoms with E-state index in [9.17, 15) is 9.18 Å². The molecule has 1 N–H and O–H groups in total. The van der Waals surface area contributed by atoms with Crippen molar-refractivity contribution in [2.24, 2.45) is 0 Å². The summed E-state index contributed by atoms with van der Waals surface area (Å²) < 4.78 is 13.0. The zero-order chi connectivity index (χ0) is 15.5. The molecule has 0 spiro atoms. The lowest BCUT2D eigenvalue weighted by Gasteiger charge is -2.40. The van der Waals surface area contributed by atoms with Gasteiger partial charge in [0.15, 0.2) is 0 Å². The zero-order valence-electron chi connectivity index (χ0n) is 11.9. The molecule has 0 saturated carbocycles. The van der Waals surface area contributed by atoms with Crippen molar-refractivity contribution in [1.82, 2.24) is 4.90 Å². The molecular formula is C17H16FNO2S. The average molecular weight is 317 g/mol. The lowest BCUT2D eigenvalue weighted by Crippen LogP contribution is -2.44. The number of hydrogen-bond donors (Lipinski definition) is 1. The highest BCUT2D eigenvalue weighted by atomic mass is 32.1. The Hall–Kier alpha value is -1.98. The molecule has 2 aromatic rings. The Bertz CT molecular complexity index is 693. The first-order valence-electron chi connectivity index (χ1n) is 7.10. The van der Waals surface area contributed by atoms with Crippen LogP contribution in [0.2, 0.25) is 0 Å². The van der Waals surface area contributed by atoms with Crippen LogP contribution in [0.25, 0.3) is 6.08 Å². The third-order valence-corrected chi connectivity index (χ3v) is 4.75. The SMILES string of the molecule is O=C(/C=C/c1cc(CO)cs1)N1CCC1c1ccc(F)cc1. The summed E-state index contributed by atoms with van der Waals surface area (Å²) in [6.45, 7) is 0.731. The standard InChI is InChI=1S/C17H16FNO2S/c18-14-3-1-13(2-4-14)16-7-8-19(16)17(21)6-5-15-9-12(10-20)11-22-15/h1-6,9,11,16,20H,7-8,10H2/b6-5+. The molecule has 1 saturated heterocycles. The fourth-order valence-electron chi connectivity index (χ4n) is 2.50. The van der Waals surface area contributed by atoms with Crippen LogP contribution in [0.4, 0.5) is 4.39 Å². The summed E-state index contributed by atoms with van der Waals surface area (Å²) in [6.07, 6.45) is 4.23. The molecule has 1 aromatic heterocycles. The van der Waals surface area contributed by atoms with E-state index in [0.29, 0.717) is 0 Å². The number of aliphatic hydroxyl groups is 1. The van der Waals surface area contributed by atoms with Gasteiger partial charge in [-0.05, 0) is 47.2 Å². The van der Waals surface area contributed by atoms with Gasteiger partial charge in [0.25, 0.3) is 0 Å². The van der Waals surface area contributed by atoms with Crippen LogP contribution in [-0.2, 0) is 11.4 Å². The molecule has 0 radical (unpaired) electrons. The average Bonchev–Trinajstić information content (AvgIpc) is 2.94. The fraction of sp³-hybridized carbons (Fsp3) is 0.235. The molecule has 1 aromatic carbocycles. The molecule has 114 valence electrons. The highest BCUT2D eigenvalue weighted by Crippen LogP contribution is 2.33. The summed E-state index contributed by atoms with van der Waals surface area (Å²) in [5.74, 6) is -0.308. The molecule has 1 aliphatic heterocycles. The van der Waals surface area contributed by atoms with E-state index in [-0.39, 0.29) is 24.4 Å². The van der Waals surface area contributed by atoms with Crippen LogP contribution in [0.1, 0.15) is 28.5 Å². The van der Waals surface area contributed by atoms with Gasteiger partial charge in [0.05, 0.1) is 12.6 Å². The van der Waals surface area contributed by atoms with E-state index in [1.54, 1.807) is 29.2 Å². The molecule has 1 aliphatic rings. The molecule has 3 nitrogen and oxygen atoms in total. The molecule has 1 amide bonds. The van der Waals surface area contributed by atoms with Crippen LogP contribution >= 0.6 is 11.3 Å². The Labute approximate surface area is 132 Å². The highest BCUT2D eigenvalue weighted by molar-refractivity contribution is 7.11.